The van der Waals surface area contributed by atoms with Crippen LogP contribution in [0.2, 0.25) is 0 Å². The van der Waals surface area contributed by atoms with Crippen molar-refractivity contribution in [1.82, 2.24) is 10.3 Å². The molecule has 0 aliphatic carbocycles. The lowest BCUT2D eigenvalue weighted by molar-refractivity contribution is -0.117. The smallest absolute Gasteiger partial charge is 0.263 e. The molecule has 2 aromatic rings. The zero-order chi connectivity index (χ0) is 21.8. The van der Waals surface area contributed by atoms with Crippen molar-refractivity contribution in [3.63, 3.8) is 0 Å². The first-order chi connectivity index (χ1) is 14.4. The van der Waals surface area contributed by atoms with E-state index in [2.05, 4.69) is 10.3 Å². The van der Waals surface area contributed by atoms with E-state index in [9.17, 15) is 9.59 Å². The maximum atomic E-state index is 13.0. The Labute approximate surface area is 180 Å². The molecule has 8 nitrogen and oxygen atoms in total. The highest BCUT2D eigenvalue weighted by atomic mass is 32.1. The van der Waals surface area contributed by atoms with Gasteiger partial charge >= 0.3 is 0 Å². The number of nitrogens with one attached hydrogen (secondary N) is 1. The van der Waals surface area contributed by atoms with E-state index in [1.54, 1.807) is 38.4 Å². The van der Waals surface area contributed by atoms with Crippen molar-refractivity contribution < 1.29 is 23.8 Å². The molecule has 0 radical (unpaired) electrons. The molecule has 1 aromatic heterocycles. The van der Waals surface area contributed by atoms with Crippen LogP contribution in [0.5, 0.6) is 17.2 Å². The highest BCUT2D eigenvalue weighted by Crippen LogP contribution is 2.38. The van der Waals surface area contributed by atoms with E-state index in [-0.39, 0.29) is 24.3 Å². The number of ether oxygens (including phenoxy) is 3. The molecule has 9 heteroatoms. The molecule has 162 valence electrons. The molecule has 0 spiro atoms. The lowest BCUT2D eigenvalue weighted by Crippen LogP contribution is -2.23. The molecule has 3 rings (SSSR count). The number of carbonyl (C=O) groups is 2. The normalized spacial score (nSPS) is 13.7. The molecule has 1 fully saturated rings. The fourth-order valence-electron chi connectivity index (χ4n) is 3.34. The Bertz CT molecular complexity index is 916. The van der Waals surface area contributed by atoms with Gasteiger partial charge in [0.25, 0.3) is 5.91 Å². The van der Waals surface area contributed by atoms with Gasteiger partial charge in [-0.2, -0.15) is 0 Å². The zero-order valence-corrected chi connectivity index (χ0v) is 18.7. The summed E-state index contributed by atoms with van der Waals surface area (Å²) in [5, 5.41) is 3.54. The number of rotatable bonds is 8. The highest BCUT2D eigenvalue weighted by molar-refractivity contribution is 7.17. The van der Waals surface area contributed by atoms with Gasteiger partial charge in [0.2, 0.25) is 11.7 Å². The number of aromatic nitrogens is 1. The first kappa shape index (κ1) is 21.9. The van der Waals surface area contributed by atoms with Crippen LogP contribution < -0.4 is 24.4 Å². The van der Waals surface area contributed by atoms with Gasteiger partial charge in [0.15, 0.2) is 16.6 Å². The fraction of sp³-hybridized carbons (Fsp3) is 0.476. The van der Waals surface area contributed by atoms with Gasteiger partial charge in [-0.25, -0.2) is 4.98 Å². The summed E-state index contributed by atoms with van der Waals surface area (Å²) in [6.07, 6.45) is 1.34. The lowest BCUT2D eigenvalue weighted by Gasteiger charge is -2.14. The SMILES string of the molecule is COc1cc(CNC(=O)c2sc(N3CCCC3=O)nc2C(C)C)cc(OC)c1OC. The van der Waals surface area contributed by atoms with Gasteiger partial charge < -0.3 is 19.5 Å². The minimum absolute atomic E-state index is 0.0587. The van der Waals surface area contributed by atoms with E-state index < -0.39 is 0 Å². The van der Waals surface area contributed by atoms with E-state index in [4.69, 9.17) is 14.2 Å². The summed E-state index contributed by atoms with van der Waals surface area (Å²) >= 11 is 1.27. The summed E-state index contributed by atoms with van der Waals surface area (Å²) in [4.78, 5) is 31.8. The number of thiazole rings is 1. The fourth-order valence-corrected chi connectivity index (χ4v) is 4.52. The molecule has 1 N–H and O–H groups in total. The van der Waals surface area contributed by atoms with Crippen LogP contribution in [0.4, 0.5) is 5.13 Å². The van der Waals surface area contributed by atoms with E-state index in [1.165, 1.54) is 11.3 Å². The lowest BCUT2D eigenvalue weighted by atomic mass is 10.1. The number of hydrogen-bond donors (Lipinski definition) is 1. The predicted octanol–water partition coefficient (Wildman–Crippen LogP) is 3.35. The molecule has 2 heterocycles. The summed E-state index contributed by atoms with van der Waals surface area (Å²) in [5.41, 5.74) is 1.51. The summed E-state index contributed by atoms with van der Waals surface area (Å²) in [5.74, 6) is 1.45. The van der Waals surface area contributed by atoms with Crippen molar-refractivity contribution in [2.24, 2.45) is 0 Å². The third kappa shape index (κ3) is 4.35. The topological polar surface area (TPSA) is 90.0 Å². The van der Waals surface area contributed by atoms with Crippen LogP contribution in [-0.4, -0.2) is 44.7 Å². The predicted molar refractivity (Wildman–Crippen MR) is 115 cm³/mol. The van der Waals surface area contributed by atoms with E-state index in [1.807, 2.05) is 13.8 Å². The second kappa shape index (κ2) is 9.34. The summed E-state index contributed by atoms with van der Waals surface area (Å²) in [6, 6.07) is 3.60. The van der Waals surface area contributed by atoms with Crippen molar-refractivity contribution in [3.05, 3.63) is 28.3 Å². The summed E-state index contributed by atoms with van der Waals surface area (Å²) in [6.45, 7) is 4.90. The first-order valence-electron chi connectivity index (χ1n) is 9.77. The Morgan fingerprint density at radius 3 is 2.37 bits per heavy atom. The van der Waals surface area contributed by atoms with Crippen LogP contribution in [0.3, 0.4) is 0 Å². The number of hydrogen-bond acceptors (Lipinski definition) is 7. The third-order valence-corrected chi connectivity index (χ3v) is 5.97. The Morgan fingerprint density at radius 1 is 1.20 bits per heavy atom. The number of carbonyl (C=O) groups excluding carboxylic acids is 2. The maximum absolute atomic E-state index is 13.0. The van der Waals surface area contributed by atoms with Crippen LogP contribution in [0, 0.1) is 0 Å². The van der Waals surface area contributed by atoms with Crippen LogP contribution in [0.1, 0.15) is 53.5 Å². The van der Waals surface area contributed by atoms with E-state index in [0.29, 0.717) is 45.9 Å². The molecular formula is C21H27N3O5S. The third-order valence-electron chi connectivity index (χ3n) is 4.88. The number of amides is 2. The van der Waals surface area contributed by atoms with Gasteiger partial charge in [0.05, 0.1) is 27.0 Å². The van der Waals surface area contributed by atoms with Crippen LogP contribution >= 0.6 is 11.3 Å². The van der Waals surface area contributed by atoms with Crippen molar-refractivity contribution >= 4 is 28.3 Å². The average Bonchev–Trinajstić information content (AvgIpc) is 3.37. The summed E-state index contributed by atoms with van der Waals surface area (Å²) in [7, 11) is 4.64. The average molecular weight is 434 g/mol. The molecule has 1 aliphatic heterocycles. The molecule has 2 amide bonds. The van der Waals surface area contributed by atoms with Gasteiger partial charge in [-0.05, 0) is 30.0 Å². The van der Waals surface area contributed by atoms with Gasteiger partial charge in [-0.15, -0.1) is 0 Å². The Kier molecular flexibility index (Phi) is 6.81. The monoisotopic (exact) mass is 433 g/mol. The van der Waals surface area contributed by atoms with Crippen molar-refractivity contribution in [2.75, 3.05) is 32.8 Å². The van der Waals surface area contributed by atoms with Crippen LogP contribution in [0.15, 0.2) is 12.1 Å². The number of methoxy groups -OCH3 is 3. The van der Waals surface area contributed by atoms with E-state index >= 15 is 0 Å². The van der Waals surface area contributed by atoms with Gasteiger partial charge in [-0.1, -0.05) is 25.2 Å². The van der Waals surface area contributed by atoms with Crippen molar-refractivity contribution in [1.29, 1.82) is 0 Å². The molecule has 1 saturated heterocycles. The minimum Gasteiger partial charge on any atom is -0.493 e. The molecule has 1 aliphatic rings. The maximum Gasteiger partial charge on any atom is 0.263 e. The molecule has 0 bridgehead atoms. The number of benzene rings is 1. The van der Waals surface area contributed by atoms with E-state index in [0.717, 1.165) is 12.0 Å². The Morgan fingerprint density at radius 2 is 1.87 bits per heavy atom. The molecule has 0 unspecified atom stereocenters. The van der Waals surface area contributed by atoms with Gasteiger partial charge in [0, 0.05) is 19.5 Å². The second-order valence-electron chi connectivity index (χ2n) is 7.23. The standard InChI is InChI=1S/C21H27N3O5S/c1-12(2)17-19(30-21(23-17)24-8-6-7-16(24)25)20(26)22-11-13-9-14(27-3)18(29-5)15(10-13)28-4/h9-10,12H,6-8,11H2,1-5H3,(H,22,26). The Balaban J connectivity index is 1.81. The number of anilines is 1. The minimum atomic E-state index is -0.220. The Hall–Kier alpha value is -2.81. The number of nitrogens with zero attached hydrogens (tertiary/aromatic N) is 2. The largest absolute Gasteiger partial charge is 0.493 e. The van der Waals surface area contributed by atoms with Gasteiger partial charge in [-0.3, -0.25) is 14.5 Å². The summed E-state index contributed by atoms with van der Waals surface area (Å²) < 4.78 is 16.1. The molecule has 1 aromatic carbocycles. The second-order valence-corrected chi connectivity index (χ2v) is 8.21. The quantitative estimate of drug-likeness (QED) is 0.687. The van der Waals surface area contributed by atoms with Crippen LogP contribution in [0.25, 0.3) is 0 Å². The molecule has 0 atom stereocenters. The zero-order valence-electron chi connectivity index (χ0n) is 17.9. The van der Waals surface area contributed by atoms with Crippen molar-refractivity contribution in [2.45, 2.75) is 39.2 Å². The first-order valence-corrected chi connectivity index (χ1v) is 10.6. The van der Waals surface area contributed by atoms with Crippen LogP contribution in [-0.2, 0) is 11.3 Å². The molecular weight excluding hydrogens is 406 g/mol. The van der Waals surface area contributed by atoms with Gasteiger partial charge in [0.1, 0.15) is 4.88 Å². The van der Waals surface area contributed by atoms with Crippen molar-refractivity contribution in [3.8, 4) is 17.2 Å². The molecule has 30 heavy (non-hydrogen) atoms. The molecule has 0 saturated carbocycles. The highest BCUT2D eigenvalue weighted by Gasteiger charge is 2.28.